The van der Waals surface area contributed by atoms with Crippen LogP contribution in [0.15, 0.2) is 15.8 Å². The normalized spacial score (nSPS) is 12.4. The van der Waals surface area contributed by atoms with Crippen molar-refractivity contribution in [1.29, 1.82) is 0 Å². The molecule has 1 atom stereocenters. The molecule has 7 heteroatoms. The van der Waals surface area contributed by atoms with E-state index in [0.29, 0.717) is 12.0 Å². The van der Waals surface area contributed by atoms with Crippen LogP contribution in [0.1, 0.15) is 18.5 Å². The molecular formula is C10H14N2O5. The van der Waals surface area contributed by atoms with Crippen LogP contribution in [0.5, 0.6) is 0 Å². The van der Waals surface area contributed by atoms with Crippen molar-refractivity contribution in [2.24, 2.45) is 0 Å². The molecule has 1 heterocycles. The number of H-pyrrole nitrogens is 1. The fourth-order valence-corrected chi connectivity index (χ4v) is 1.44. The summed E-state index contributed by atoms with van der Waals surface area (Å²) in [5.41, 5.74) is -0.890. The molecule has 0 spiro atoms. The first-order chi connectivity index (χ1) is 8.01. The van der Waals surface area contributed by atoms with Crippen molar-refractivity contribution >= 4 is 5.97 Å². The van der Waals surface area contributed by atoms with E-state index in [9.17, 15) is 14.4 Å². The molecule has 0 aromatic carbocycles. The lowest BCUT2D eigenvalue weighted by Gasteiger charge is -2.14. The van der Waals surface area contributed by atoms with Crippen molar-refractivity contribution in [3.63, 3.8) is 0 Å². The van der Waals surface area contributed by atoms with E-state index in [1.54, 1.807) is 6.92 Å². The Bertz CT molecular complexity index is 516. The summed E-state index contributed by atoms with van der Waals surface area (Å²) in [4.78, 5) is 35.9. The van der Waals surface area contributed by atoms with Gasteiger partial charge in [-0.25, -0.2) is 9.59 Å². The molecule has 17 heavy (non-hydrogen) atoms. The molecular weight excluding hydrogens is 228 g/mol. The van der Waals surface area contributed by atoms with Gasteiger partial charge in [0.05, 0.1) is 6.61 Å². The zero-order chi connectivity index (χ0) is 13.0. The molecule has 0 aliphatic rings. The number of ether oxygens (including phenoxy) is 1. The highest BCUT2D eigenvalue weighted by Gasteiger charge is 2.21. The Labute approximate surface area is 96.7 Å². The van der Waals surface area contributed by atoms with Gasteiger partial charge in [-0.2, -0.15) is 0 Å². The van der Waals surface area contributed by atoms with E-state index >= 15 is 0 Å². The summed E-state index contributed by atoms with van der Waals surface area (Å²) in [6.07, 6.45) is 1.67. The van der Waals surface area contributed by atoms with E-state index in [2.05, 4.69) is 4.98 Å². The largest absolute Gasteiger partial charge is 0.480 e. The van der Waals surface area contributed by atoms with Crippen LogP contribution in [-0.4, -0.2) is 34.3 Å². The number of hydrogen-bond donors (Lipinski definition) is 2. The van der Waals surface area contributed by atoms with E-state index in [1.807, 2.05) is 0 Å². The molecule has 0 aliphatic heterocycles. The quantitative estimate of drug-likeness (QED) is 0.716. The molecule has 1 aromatic rings. The summed E-state index contributed by atoms with van der Waals surface area (Å²) in [7, 11) is 1.34. The van der Waals surface area contributed by atoms with Gasteiger partial charge in [0.1, 0.15) is 0 Å². The number of carboxylic acid groups (broad SMARTS) is 1. The number of nitrogens with zero attached hydrogens (tertiary/aromatic N) is 1. The van der Waals surface area contributed by atoms with Crippen LogP contribution in [0.3, 0.4) is 0 Å². The highest BCUT2D eigenvalue weighted by Crippen LogP contribution is 2.04. The van der Waals surface area contributed by atoms with Gasteiger partial charge in [-0.15, -0.1) is 0 Å². The van der Waals surface area contributed by atoms with Crippen molar-refractivity contribution in [1.82, 2.24) is 9.55 Å². The Kier molecular flexibility index (Phi) is 4.22. The molecule has 1 unspecified atom stereocenters. The second kappa shape index (κ2) is 5.44. The molecule has 1 rings (SSSR count). The SMILES string of the molecule is CCc1cn(C(COC)C(=O)O)c(=O)[nH]c1=O. The predicted molar refractivity (Wildman–Crippen MR) is 59.2 cm³/mol. The smallest absolute Gasteiger partial charge is 0.329 e. The molecule has 0 saturated heterocycles. The van der Waals surface area contributed by atoms with Gasteiger partial charge in [0.25, 0.3) is 5.56 Å². The first-order valence-electron chi connectivity index (χ1n) is 5.07. The molecule has 0 amide bonds. The molecule has 1 aromatic heterocycles. The van der Waals surface area contributed by atoms with Crippen molar-refractivity contribution in [2.75, 3.05) is 13.7 Å². The number of aromatic amines is 1. The lowest BCUT2D eigenvalue weighted by Crippen LogP contribution is -2.38. The molecule has 0 fully saturated rings. The molecule has 0 bridgehead atoms. The third-order valence-corrected chi connectivity index (χ3v) is 2.37. The number of hydrogen-bond acceptors (Lipinski definition) is 4. The Morgan fingerprint density at radius 2 is 2.24 bits per heavy atom. The molecule has 0 aliphatic carbocycles. The fourth-order valence-electron chi connectivity index (χ4n) is 1.44. The molecule has 94 valence electrons. The average Bonchev–Trinajstić information content (AvgIpc) is 2.26. The minimum absolute atomic E-state index is 0.148. The number of methoxy groups -OCH3 is 1. The van der Waals surface area contributed by atoms with Crippen molar-refractivity contribution in [2.45, 2.75) is 19.4 Å². The first kappa shape index (κ1) is 13.2. The van der Waals surface area contributed by atoms with Crippen LogP contribution in [0.4, 0.5) is 0 Å². The Morgan fingerprint density at radius 3 is 2.71 bits per heavy atom. The number of rotatable bonds is 5. The maximum absolute atomic E-state index is 11.5. The van der Waals surface area contributed by atoms with Gasteiger partial charge < -0.3 is 9.84 Å². The molecule has 2 N–H and O–H groups in total. The van der Waals surface area contributed by atoms with E-state index in [-0.39, 0.29) is 6.61 Å². The van der Waals surface area contributed by atoms with E-state index in [1.165, 1.54) is 13.3 Å². The van der Waals surface area contributed by atoms with Gasteiger partial charge in [-0.05, 0) is 6.42 Å². The van der Waals surface area contributed by atoms with Gasteiger partial charge in [-0.1, -0.05) is 6.92 Å². The zero-order valence-electron chi connectivity index (χ0n) is 9.60. The lowest BCUT2D eigenvalue weighted by atomic mass is 10.2. The summed E-state index contributed by atoms with van der Waals surface area (Å²) < 4.78 is 5.71. The Balaban J connectivity index is 3.33. The third-order valence-electron chi connectivity index (χ3n) is 2.37. The van der Waals surface area contributed by atoms with Crippen molar-refractivity contribution in [3.05, 3.63) is 32.6 Å². The monoisotopic (exact) mass is 242 g/mol. The van der Waals surface area contributed by atoms with Gasteiger partial charge in [-0.3, -0.25) is 14.3 Å². The second-order valence-corrected chi connectivity index (χ2v) is 3.48. The highest BCUT2D eigenvalue weighted by atomic mass is 16.5. The summed E-state index contributed by atoms with van der Waals surface area (Å²) in [5, 5.41) is 8.98. The average molecular weight is 242 g/mol. The van der Waals surface area contributed by atoms with Crippen LogP contribution in [0.2, 0.25) is 0 Å². The predicted octanol–water partition coefficient (Wildman–Crippen LogP) is -0.629. The van der Waals surface area contributed by atoms with E-state index in [0.717, 1.165) is 4.57 Å². The minimum Gasteiger partial charge on any atom is -0.480 e. The van der Waals surface area contributed by atoms with Gasteiger partial charge in [0, 0.05) is 18.9 Å². The van der Waals surface area contributed by atoms with Crippen LogP contribution >= 0.6 is 0 Å². The summed E-state index contributed by atoms with van der Waals surface area (Å²) in [5.74, 6) is -1.19. The van der Waals surface area contributed by atoms with Gasteiger partial charge >= 0.3 is 11.7 Å². The van der Waals surface area contributed by atoms with Gasteiger partial charge in [0.15, 0.2) is 6.04 Å². The number of carboxylic acids is 1. The number of aryl methyl sites for hydroxylation is 1. The van der Waals surface area contributed by atoms with Crippen LogP contribution in [-0.2, 0) is 16.0 Å². The number of aromatic nitrogens is 2. The number of nitrogens with one attached hydrogen (secondary N) is 1. The maximum Gasteiger partial charge on any atom is 0.329 e. The lowest BCUT2D eigenvalue weighted by molar-refractivity contribution is -0.142. The number of aliphatic carboxylic acids is 1. The molecule has 7 nitrogen and oxygen atoms in total. The maximum atomic E-state index is 11.5. The minimum atomic E-state index is -1.19. The highest BCUT2D eigenvalue weighted by molar-refractivity contribution is 5.72. The van der Waals surface area contributed by atoms with Gasteiger partial charge in [0.2, 0.25) is 0 Å². The Morgan fingerprint density at radius 1 is 1.59 bits per heavy atom. The summed E-state index contributed by atoms with van der Waals surface area (Å²) in [6.45, 7) is 1.59. The second-order valence-electron chi connectivity index (χ2n) is 3.48. The van der Waals surface area contributed by atoms with Crippen LogP contribution < -0.4 is 11.2 Å². The van der Waals surface area contributed by atoms with Crippen LogP contribution in [0, 0.1) is 0 Å². The van der Waals surface area contributed by atoms with E-state index < -0.39 is 23.3 Å². The van der Waals surface area contributed by atoms with Crippen molar-refractivity contribution in [3.8, 4) is 0 Å². The molecule has 0 radical (unpaired) electrons. The summed E-state index contributed by atoms with van der Waals surface area (Å²) >= 11 is 0. The number of carbonyl (C=O) groups is 1. The zero-order valence-corrected chi connectivity index (χ0v) is 9.60. The third kappa shape index (κ3) is 2.82. The topological polar surface area (TPSA) is 101 Å². The van der Waals surface area contributed by atoms with Crippen molar-refractivity contribution < 1.29 is 14.6 Å². The molecule has 0 saturated carbocycles. The van der Waals surface area contributed by atoms with Crippen LogP contribution in [0.25, 0.3) is 0 Å². The summed E-state index contributed by atoms with van der Waals surface area (Å²) in [6, 6.07) is -1.14. The first-order valence-corrected chi connectivity index (χ1v) is 5.07. The fraction of sp³-hybridized carbons (Fsp3) is 0.500. The standard InChI is InChI=1S/C10H14N2O5/c1-3-6-4-12(10(16)11-8(6)13)7(5-17-2)9(14)15/h4,7H,3,5H2,1-2H3,(H,14,15)(H,11,13,16). The Hall–Kier alpha value is -1.89. The van der Waals surface area contributed by atoms with E-state index in [4.69, 9.17) is 9.84 Å².